The molecule has 0 N–H and O–H groups in total. The summed E-state index contributed by atoms with van der Waals surface area (Å²) in [4.78, 5) is 34.9. The van der Waals surface area contributed by atoms with E-state index >= 15 is 0 Å². The molecule has 0 saturated heterocycles. The molecule has 15 heteroatoms. The van der Waals surface area contributed by atoms with E-state index in [2.05, 4.69) is 102 Å². The highest BCUT2D eigenvalue weighted by Crippen LogP contribution is 2.49. The Kier molecular flexibility index (Phi) is 17.4. The first-order chi connectivity index (χ1) is 27.2. The Labute approximate surface area is 344 Å². The minimum atomic E-state index is -3.67. The summed E-state index contributed by atoms with van der Waals surface area (Å²) in [5, 5.41) is 0. The van der Waals surface area contributed by atoms with Crippen molar-refractivity contribution in [3.8, 4) is 11.5 Å². The molecule has 6 aromatic rings. The zero-order chi connectivity index (χ0) is 40.0. The molecule has 0 radical (unpaired) electrons. The van der Waals surface area contributed by atoms with Gasteiger partial charge in [-0.1, -0.05) is 95.9 Å². The van der Waals surface area contributed by atoms with Crippen molar-refractivity contribution in [2.75, 3.05) is 28.4 Å². The molecule has 2 aliphatic heterocycles. The molecule has 8 rings (SSSR count). The van der Waals surface area contributed by atoms with Gasteiger partial charge in [-0.25, -0.2) is 9.59 Å². The highest BCUT2D eigenvalue weighted by atomic mass is 32.2. The SMILES string of the molecule is COC(=O)c1cc([S+]2c3ccccc3Sc3ccccc32)ccc1OC.COC(=O)c1ccccc1OC.FB(F)F.[F-].c1ccc2c(c1)Sc1ccccc1S2. The lowest BCUT2D eigenvalue weighted by molar-refractivity contribution is -0.0000435. The maximum atomic E-state index is 12.2. The largest absolute Gasteiger partial charge is 1.00 e. The van der Waals surface area contributed by atoms with Crippen LogP contribution in [0.5, 0.6) is 11.5 Å². The smallest absolute Gasteiger partial charge is 0.762 e. The van der Waals surface area contributed by atoms with Crippen LogP contribution in [0.4, 0.5) is 12.9 Å². The number of rotatable bonds is 5. The van der Waals surface area contributed by atoms with Crippen LogP contribution in [0.15, 0.2) is 184 Å². The van der Waals surface area contributed by atoms with Crippen molar-refractivity contribution < 1.29 is 46.2 Å². The van der Waals surface area contributed by atoms with Gasteiger partial charge in [0, 0.05) is 25.6 Å². The summed E-state index contributed by atoms with van der Waals surface area (Å²) in [7, 11) is 1.86. The average Bonchev–Trinajstić information content (AvgIpc) is 3.24. The normalized spacial score (nSPS) is 11.5. The third kappa shape index (κ3) is 11.6. The van der Waals surface area contributed by atoms with E-state index in [9.17, 15) is 22.5 Å². The van der Waals surface area contributed by atoms with Gasteiger partial charge in [0.25, 0.3) is 0 Å². The number of methoxy groups -OCH3 is 4. The summed E-state index contributed by atoms with van der Waals surface area (Å²) in [6.07, 6.45) is 0. The van der Waals surface area contributed by atoms with Crippen LogP contribution >= 0.6 is 35.3 Å². The fourth-order valence-corrected chi connectivity index (χ4v) is 11.4. The van der Waals surface area contributed by atoms with E-state index in [1.54, 1.807) is 43.1 Å². The van der Waals surface area contributed by atoms with Gasteiger partial charge in [-0.3, -0.25) is 12.9 Å². The Morgan fingerprint density at radius 3 is 1.28 bits per heavy atom. The molecule has 2 aliphatic rings. The molecule has 2 heterocycles. The molecule has 0 bridgehead atoms. The van der Waals surface area contributed by atoms with E-state index in [0.29, 0.717) is 22.6 Å². The Morgan fingerprint density at radius 2 is 0.842 bits per heavy atom. The molecule has 0 aliphatic carbocycles. The average molecular weight is 851 g/mol. The van der Waals surface area contributed by atoms with Gasteiger partial charge in [-0.2, -0.15) is 0 Å². The lowest BCUT2D eigenvalue weighted by Gasteiger charge is -2.19. The number of fused-ring (bicyclic) bond motifs is 4. The first-order valence-corrected chi connectivity index (χ1v) is 20.4. The topological polar surface area (TPSA) is 71.1 Å². The van der Waals surface area contributed by atoms with Crippen LogP contribution in [0.3, 0.4) is 0 Å². The molecule has 0 aromatic heterocycles. The minimum Gasteiger partial charge on any atom is -1.00 e. The first kappa shape index (κ1) is 44.8. The quantitative estimate of drug-likeness (QED) is 0.0733. The zero-order valence-corrected chi connectivity index (χ0v) is 34.2. The second-order valence-electron chi connectivity index (χ2n) is 11.2. The summed E-state index contributed by atoms with van der Waals surface area (Å²) in [6, 6.07) is 46.8. The number of carbonyl (C=O) groups excluding carboxylic acids is 2. The molecule has 0 amide bonds. The summed E-state index contributed by atoms with van der Waals surface area (Å²) >= 11 is 5.52. The second-order valence-corrected chi connectivity index (χ2v) is 16.4. The van der Waals surface area contributed by atoms with Gasteiger partial charge >= 0.3 is 19.5 Å². The number of benzene rings is 6. The molecule has 294 valence electrons. The van der Waals surface area contributed by atoms with Crippen molar-refractivity contribution in [1.29, 1.82) is 0 Å². The molecule has 0 fully saturated rings. The Morgan fingerprint density at radius 1 is 0.491 bits per heavy atom. The number of hydrogen-bond donors (Lipinski definition) is 0. The van der Waals surface area contributed by atoms with Crippen molar-refractivity contribution in [3.63, 3.8) is 0 Å². The van der Waals surface area contributed by atoms with E-state index in [0.717, 1.165) is 4.90 Å². The lowest BCUT2D eigenvalue weighted by atomic mass is 10.2. The van der Waals surface area contributed by atoms with E-state index in [1.807, 2.05) is 41.7 Å². The molecule has 0 atom stereocenters. The van der Waals surface area contributed by atoms with Crippen molar-refractivity contribution >= 4 is 65.7 Å². The van der Waals surface area contributed by atoms with Crippen LogP contribution in [-0.4, -0.2) is 47.9 Å². The molecule has 57 heavy (non-hydrogen) atoms. The van der Waals surface area contributed by atoms with Crippen molar-refractivity contribution in [2.45, 2.75) is 44.1 Å². The van der Waals surface area contributed by atoms with Gasteiger partial charge in [-0.05, 0) is 72.8 Å². The Hall–Kier alpha value is -4.96. The van der Waals surface area contributed by atoms with E-state index in [1.165, 1.54) is 60.5 Å². The van der Waals surface area contributed by atoms with Gasteiger partial charge in [0.1, 0.15) is 33.5 Å². The van der Waals surface area contributed by atoms with Crippen LogP contribution < -0.4 is 14.2 Å². The third-order valence-electron chi connectivity index (χ3n) is 7.82. The third-order valence-corrected chi connectivity index (χ3v) is 14.1. The van der Waals surface area contributed by atoms with Gasteiger partial charge in [-0.15, -0.1) is 0 Å². The van der Waals surface area contributed by atoms with Crippen LogP contribution in [0.2, 0.25) is 0 Å². The summed E-state index contributed by atoms with van der Waals surface area (Å²) in [5.41, 5.74) is 0.899. The van der Waals surface area contributed by atoms with E-state index in [-0.39, 0.29) is 27.5 Å². The monoisotopic (exact) mass is 850 g/mol. The van der Waals surface area contributed by atoms with Crippen LogP contribution in [-0.2, 0) is 20.4 Å². The predicted molar refractivity (Wildman–Crippen MR) is 218 cm³/mol. The molecule has 6 nitrogen and oxygen atoms in total. The van der Waals surface area contributed by atoms with Crippen molar-refractivity contribution in [1.82, 2.24) is 0 Å². The van der Waals surface area contributed by atoms with E-state index < -0.39 is 7.54 Å². The second kappa shape index (κ2) is 22.1. The number of halogens is 4. The predicted octanol–water partition coefficient (Wildman–Crippen LogP) is 8.71. The Bertz CT molecular complexity index is 2150. The molecule has 0 unspecified atom stereocenters. The Balaban J connectivity index is 0.000000196. The first-order valence-electron chi connectivity index (χ1n) is 16.7. The van der Waals surface area contributed by atoms with E-state index in [4.69, 9.17) is 14.2 Å². The molecule has 0 saturated carbocycles. The maximum Gasteiger partial charge on any atom is 0.762 e. The summed E-state index contributed by atoms with van der Waals surface area (Å²) in [5.74, 6) is 0.286. The fraction of sp³-hybridized carbons (Fsp3) is 0.0952. The standard InChI is InChI=1S/C21H17O3S2.C12H8S2.C9H10O3.BF3.FH/c1-23-16-12-11-14(13-15(16)21(22)24-2)26-19-9-5-3-7-17(19)25-18-8-4-6-10-20(18)26;1-2-6-10-9(5-1)13-11-7-3-4-8-12(11)14-10;1-11-8-6-4-3-5-7(8)9(10)12-2;2-1(3)4;/h3-13H,1-2H3;1-8H;3-6H,1-2H3;;1H/q+1;;;;/p-1. The minimum absolute atomic E-state index is 0. The zero-order valence-electron chi connectivity index (χ0n) is 31.0. The number of ether oxygens (including phenoxy) is 4. The highest BCUT2D eigenvalue weighted by molar-refractivity contribution is 8.05. The number of para-hydroxylation sites is 1. The van der Waals surface area contributed by atoms with Gasteiger partial charge in [0.2, 0.25) is 0 Å². The number of carbonyl (C=O) groups is 2. The summed E-state index contributed by atoms with van der Waals surface area (Å²) in [6.45, 7) is 0. The van der Waals surface area contributed by atoms with Gasteiger partial charge < -0.3 is 23.7 Å². The lowest BCUT2D eigenvalue weighted by Crippen LogP contribution is -3.00. The van der Waals surface area contributed by atoms with Crippen LogP contribution in [0.25, 0.3) is 0 Å². The fourth-order valence-electron chi connectivity index (χ4n) is 5.38. The summed E-state index contributed by atoms with van der Waals surface area (Å²) < 4.78 is 48.8. The van der Waals surface area contributed by atoms with Crippen LogP contribution in [0, 0.1) is 0 Å². The van der Waals surface area contributed by atoms with Gasteiger partial charge in [0.15, 0.2) is 14.7 Å². The molecule has 0 spiro atoms. The maximum absolute atomic E-state index is 12.2. The molecular weight excluding hydrogens is 816 g/mol. The van der Waals surface area contributed by atoms with Crippen molar-refractivity contribution in [3.05, 3.63) is 151 Å². The van der Waals surface area contributed by atoms with Crippen molar-refractivity contribution in [2.24, 2.45) is 0 Å². The molecular formula is C42H35BF4O6S4. The number of esters is 2. The number of hydrogen-bond acceptors (Lipinski definition) is 9. The highest BCUT2D eigenvalue weighted by Gasteiger charge is 2.38. The molecule has 6 aromatic carbocycles. The van der Waals surface area contributed by atoms with Gasteiger partial charge in [0.05, 0.1) is 38.2 Å². The van der Waals surface area contributed by atoms with Crippen LogP contribution in [0.1, 0.15) is 20.7 Å².